The Morgan fingerprint density at radius 3 is 1.04 bits per heavy atom. The van der Waals surface area contributed by atoms with Crippen molar-refractivity contribution in [3.8, 4) is 0 Å². The fourth-order valence-electron chi connectivity index (χ4n) is 5.42. The molecule has 4 rings (SSSR count). The molecular formula is C34H48BBr3FeN6O2-. The van der Waals surface area contributed by atoms with E-state index in [0.29, 0.717) is 5.56 Å². The molecule has 0 aliphatic carbocycles. The van der Waals surface area contributed by atoms with Gasteiger partial charge in [-0.15, -0.1) is 0 Å². The van der Waals surface area contributed by atoms with Crippen LogP contribution in [0.25, 0.3) is 0 Å². The topological polar surface area (TPSA) is 90.8 Å². The number of carbonyl (C=O) groups is 1. The zero-order valence-corrected chi connectivity index (χ0v) is 35.3. The van der Waals surface area contributed by atoms with Crippen molar-refractivity contribution < 1.29 is 27.0 Å². The van der Waals surface area contributed by atoms with Gasteiger partial charge in [0.05, 0.1) is 36.1 Å². The zero-order valence-electron chi connectivity index (χ0n) is 29.5. The first-order valence-electron chi connectivity index (χ1n) is 16.0. The van der Waals surface area contributed by atoms with E-state index in [1.54, 1.807) is 30.3 Å². The molecular weight excluding hydrogens is 831 g/mol. The normalized spacial score (nSPS) is 11.8. The van der Waals surface area contributed by atoms with Crippen LogP contribution >= 0.6 is 47.8 Å². The first-order chi connectivity index (χ1) is 21.4. The Hall–Kier alpha value is -1.66. The van der Waals surface area contributed by atoms with E-state index in [4.69, 9.17) is 20.4 Å². The quantitative estimate of drug-likeness (QED) is 0.160. The van der Waals surface area contributed by atoms with E-state index in [1.807, 2.05) is 0 Å². The van der Waals surface area contributed by atoms with Gasteiger partial charge in [0.2, 0.25) is 0 Å². The summed E-state index contributed by atoms with van der Waals surface area (Å²) in [6, 6.07) is 8.30. The van der Waals surface area contributed by atoms with E-state index >= 15 is 0 Å². The monoisotopic (exact) mass is 876 g/mol. The number of carboxylic acid groups (broad SMARTS) is 1. The van der Waals surface area contributed by atoms with Crippen molar-refractivity contribution in [1.29, 1.82) is 0 Å². The average molecular weight is 879 g/mol. The van der Waals surface area contributed by atoms with Gasteiger partial charge in [-0.05, 0) is 95.4 Å². The van der Waals surface area contributed by atoms with Crippen molar-refractivity contribution in [1.82, 2.24) is 29.1 Å². The van der Waals surface area contributed by atoms with Crippen molar-refractivity contribution in [3.05, 3.63) is 83.5 Å². The second-order valence-electron chi connectivity index (χ2n) is 13.5. The standard InChI is InChI=1S/C27H42BBr3N6.C7H6O2.Fe/c1-13(2)22-19(29)25(16(7)8)35(32-22)28(36-26(17(9)10)20(30)23(33-36)14(3)4)37-27(18(11)12)21(31)24(34-37)15(5)6;8-7(9)6-4-2-1-3-5-6;/h13-18H,1-12H3;1-5H,(H,8,9);/q-1;;. The number of nitrogens with zero attached hydrogens (tertiary/aromatic N) is 6. The third-order valence-electron chi connectivity index (χ3n) is 7.69. The Morgan fingerprint density at radius 2 is 0.851 bits per heavy atom. The molecule has 1 aromatic carbocycles. The molecule has 0 saturated carbocycles. The predicted octanol–water partition coefficient (Wildman–Crippen LogP) is 10.6. The van der Waals surface area contributed by atoms with Gasteiger partial charge >= 0.3 is 5.97 Å². The van der Waals surface area contributed by atoms with Crippen LogP contribution in [0.15, 0.2) is 43.7 Å². The molecule has 13 heteroatoms. The molecule has 8 nitrogen and oxygen atoms in total. The molecule has 1 radical (unpaired) electrons. The molecule has 0 amide bonds. The minimum absolute atomic E-state index is 0. The number of halogens is 3. The fraction of sp³-hybridized carbons (Fsp3) is 0.529. The number of aromatic carboxylic acids is 1. The predicted molar refractivity (Wildman–Crippen MR) is 200 cm³/mol. The Labute approximate surface area is 316 Å². The van der Waals surface area contributed by atoms with E-state index in [0.717, 1.165) is 47.6 Å². The largest absolute Gasteiger partial charge is 0.478 e. The Morgan fingerprint density at radius 1 is 0.574 bits per heavy atom. The number of hydrogen-bond donors (Lipinski definition) is 1. The summed E-state index contributed by atoms with van der Waals surface area (Å²) in [4.78, 5) is 10.2. The molecule has 0 aliphatic heterocycles. The molecule has 47 heavy (non-hydrogen) atoms. The van der Waals surface area contributed by atoms with Crippen LogP contribution in [0.4, 0.5) is 0 Å². The molecule has 0 unspecified atom stereocenters. The van der Waals surface area contributed by atoms with Gasteiger partial charge in [-0.25, -0.2) is 20.1 Å². The molecule has 3 aromatic heterocycles. The van der Waals surface area contributed by atoms with Gasteiger partial charge in [-0.2, -0.15) is 0 Å². The van der Waals surface area contributed by atoms with Gasteiger partial charge < -0.3 is 18.9 Å². The van der Waals surface area contributed by atoms with E-state index in [9.17, 15) is 4.79 Å². The first kappa shape index (κ1) is 41.5. The minimum Gasteiger partial charge on any atom is -0.478 e. The number of hydrogen-bond acceptors (Lipinski definition) is 4. The van der Waals surface area contributed by atoms with Gasteiger partial charge in [-0.1, -0.05) is 101 Å². The van der Waals surface area contributed by atoms with Crippen molar-refractivity contribution in [2.75, 3.05) is 0 Å². The van der Waals surface area contributed by atoms with Crippen LogP contribution in [0, 0.1) is 0 Å². The number of benzene rings is 1. The molecule has 0 atom stereocenters. The summed E-state index contributed by atoms with van der Waals surface area (Å²) >= 11 is 11.8. The summed E-state index contributed by atoms with van der Waals surface area (Å²) < 4.78 is 9.71. The maximum Gasteiger partial charge on any atom is 0.335 e. The Balaban J connectivity index is 0.000000662. The third kappa shape index (κ3) is 8.93. The summed E-state index contributed by atoms with van der Waals surface area (Å²) in [7, 11) is -0.399. The molecule has 4 aromatic rings. The molecule has 0 spiro atoms. The Bertz CT molecular complexity index is 1490. The number of aromatic nitrogens is 6. The molecule has 0 bridgehead atoms. The van der Waals surface area contributed by atoms with Gasteiger partial charge in [0.1, 0.15) is 0 Å². The van der Waals surface area contributed by atoms with E-state index in [-0.39, 0.29) is 52.6 Å². The summed E-state index contributed by atoms with van der Waals surface area (Å²) in [5.74, 6) is 0.671. The fourth-order valence-corrected chi connectivity index (χ4v) is 8.95. The summed E-state index contributed by atoms with van der Waals surface area (Å²) in [6.45, 7) is 26.5. The van der Waals surface area contributed by atoms with Gasteiger partial charge in [0, 0.05) is 34.2 Å². The van der Waals surface area contributed by atoms with Crippen LogP contribution in [0.1, 0.15) is 163 Å². The van der Waals surface area contributed by atoms with Crippen molar-refractivity contribution in [2.24, 2.45) is 0 Å². The maximum absolute atomic E-state index is 10.2. The van der Waals surface area contributed by atoms with Crippen LogP contribution in [-0.2, 0) is 17.1 Å². The minimum atomic E-state index is -0.879. The van der Waals surface area contributed by atoms with Crippen LogP contribution in [-0.4, -0.2) is 47.3 Å². The third-order valence-corrected chi connectivity index (χ3v) is 10.1. The maximum atomic E-state index is 10.2. The van der Waals surface area contributed by atoms with Gasteiger partial charge in [-0.3, -0.25) is 0 Å². The summed E-state index contributed by atoms with van der Waals surface area (Å²) in [5, 5.41) is 24.2. The molecule has 0 aliphatic rings. The van der Waals surface area contributed by atoms with Crippen LogP contribution in [0.5, 0.6) is 0 Å². The average Bonchev–Trinajstić information content (AvgIpc) is 3.61. The SMILES string of the molecule is CC(C)c1nn([B-](n2nc(C(C)C)c(Br)c2C(C)C)n2nc(C(C)C)c(Br)c2C(C)C)c(C(C)C)c1Br.O=C(O)c1ccccc1.[Fe]. The molecule has 3 heterocycles. The smallest absolute Gasteiger partial charge is 0.335 e. The van der Waals surface area contributed by atoms with Crippen LogP contribution in [0.2, 0.25) is 0 Å². The zero-order chi connectivity index (χ0) is 34.8. The van der Waals surface area contributed by atoms with E-state index in [2.05, 4.69) is 145 Å². The van der Waals surface area contributed by atoms with Gasteiger partial charge in [0.25, 0.3) is 7.12 Å². The van der Waals surface area contributed by atoms with Crippen molar-refractivity contribution >= 4 is 60.9 Å². The van der Waals surface area contributed by atoms with Crippen LogP contribution in [0.3, 0.4) is 0 Å². The summed E-state index contributed by atoms with van der Waals surface area (Å²) in [6.07, 6.45) is 0. The Kier molecular flexibility index (Phi) is 15.3. The molecule has 0 fully saturated rings. The van der Waals surface area contributed by atoms with E-state index in [1.165, 1.54) is 0 Å². The second-order valence-corrected chi connectivity index (χ2v) is 15.9. The van der Waals surface area contributed by atoms with E-state index < -0.39 is 13.1 Å². The van der Waals surface area contributed by atoms with Crippen molar-refractivity contribution in [3.63, 3.8) is 0 Å². The number of carboxylic acids is 1. The molecule has 259 valence electrons. The first-order valence-corrected chi connectivity index (χ1v) is 18.4. The van der Waals surface area contributed by atoms with Gasteiger partial charge in [0.15, 0.2) is 0 Å². The summed E-state index contributed by atoms with van der Waals surface area (Å²) in [5.41, 5.74) is 6.93. The molecule has 1 N–H and O–H groups in total. The molecule has 0 saturated heterocycles. The second kappa shape index (κ2) is 17.3. The van der Waals surface area contributed by atoms with Crippen LogP contribution < -0.4 is 0 Å². The number of rotatable bonds is 10. The van der Waals surface area contributed by atoms with Crippen molar-refractivity contribution in [2.45, 2.75) is 119 Å².